The van der Waals surface area contributed by atoms with Crippen LogP contribution in [0.4, 0.5) is 0 Å². The van der Waals surface area contributed by atoms with E-state index in [4.69, 9.17) is 5.11 Å². The summed E-state index contributed by atoms with van der Waals surface area (Å²) in [6.45, 7) is 3.02. The molecule has 4 unspecified atom stereocenters. The number of amides is 1. The molecule has 2 aliphatic carbocycles. The van der Waals surface area contributed by atoms with Gasteiger partial charge in [0.25, 0.3) is 0 Å². The molecule has 0 aromatic heterocycles. The predicted molar refractivity (Wildman–Crippen MR) is 68.0 cm³/mol. The summed E-state index contributed by atoms with van der Waals surface area (Å²) in [5.41, 5.74) is 0. The van der Waals surface area contributed by atoms with Crippen LogP contribution in [0.2, 0.25) is 0 Å². The van der Waals surface area contributed by atoms with Crippen molar-refractivity contribution in [3.8, 4) is 0 Å². The van der Waals surface area contributed by atoms with Crippen LogP contribution in [0, 0.1) is 23.7 Å². The molecule has 4 nitrogen and oxygen atoms in total. The van der Waals surface area contributed by atoms with Crippen LogP contribution in [-0.4, -0.2) is 23.5 Å². The molecule has 0 aromatic carbocycles. The molecule has 0 bridgehead atoms. The van der Waals surface area contributed by atoms with Crippen molar-refractivity contribution < 1.29 is 14.7 Å². The van der Waals surface area contributed by atoms with Crippen LogP contribution in [0.15, 0.2) is 0 Å². The van der Waals surface area contributed by atoms with Gasteiger partial charge in [-0.3, -0.25) is 9.59 Å². The third-order valence-corrected chi connectivity index (χ3v) is 4.73. The van der Waals surface area contributed by atoms with Crippen molar-refractivity contribution in [3.05, 3.63) is 0 Å². The highest BCUT2D eigenvalue weighted by Crippen LogP contribution is 2.32. The molecule has 0 aliphatic heterocycles. The number of aliphatic carboxylic acids is 1. The van der Waals surface area contributed by atoms with E-state index in [-0.39, 0.29) is 17.7 Å². The predicted octanol–water partition coefficient (Wildman–Crippen LogP) is 2.04. The van der Waals surface area contributed by atoms with Gasteiger partial charge in [-0.25, -0.2) is 0 Å². The molecule has 2 N–H and O–H groups in total. The second kappa shape index (κ2) is 5.72. The van der Waals surface area contributed by atoms with E-state index in [2.05, 4.69) is 12.2 Å². The Hall–Kier alpha value is -1.06. The van der Waals surface area contributed by atoms with Crippen molar-refractivity contribution in [1.82, 2.24) is 5.32 Å². The molecule has 0 aromatic rings. The van der Waals surface area contributed by atoms with E-state index >= 15 is 0 Å². The van der Waals surface area contributed by atoms with Crippen LogP contribution in [-0.2, 0) is 9.59 Å². The summed E-state index contributed by atoms with van der Waals surface area (Å²) in [5.74, 6) is 0.243. The molecule has 0 radical (unpaired) electrons. The lowest BCUT2D eigenvalue weighted by molar-refractivity contribution is -0.141. The van der Waals surface area contributed by atoms with Crippen molar-refractivity contribution >= 4 is 11.9 Å². The monoisotopic (exact) mass is 253 g/mol. The maximum absolute atomic E-state index is 12.0. The van der Waals surface area contributed by atoms with Gasteiger partial charge >= 0.3 is 5.97 Å². The van der Waals surface area contributed by atoms with Gasteiger partial charge < -0.3 is 10.4 Å². The fourth-order valence-electron chi connectivity index (χ4n) is 3.35. The molecular formula is C14H23NO3. The molecule has 2 fully saturated rings. The summed E-state index contributed by atoms with van der Waals surface area (Å²) in [4.78, 5) is 22.8. The second-order valence-corrected chi connectivity index (χ2v) is 5.96. The van der Waals surface area contributed by atoms with Crippen molar-refractivity contribution in [3.63, 3.8) is 0 Å². The van der Waals surface area contributed by atoms with Gasteiger partial charge in [-0.2, -0.15) is 0 Å². The second-order valence-electron chi connectivity index (χ2n) is 5.96. The smallest absolute Gasteiger partial charge is 0.306 e. The Balaban J connectivity index is 1.74. The highest BCUT2D eigenvalue weighted by Gasteiger charge is 2.34. The maximum Gasteiger partial charge on any atom is 0.306 e. The number of hydrogen-bond acceptors (Lipinski definition) is 2. The summed E-state index contributed by atoms with van der Waals surface area (Å²) in [5, 5.41) is 11.9. The Morgan fingerprint density at radius 3 is 2.44 bits per heavy atom. The summed E-state index contributed by atoms with van der Waals surface area (Å²) in [6.07, 6.45) is 5.64. The highest BCUT2D eigenvalue weighted by molar-refractivity contribution is 5.80. The van der Waals surface area contributed by atoms with Gasteiger partial charge in [0.15, 0.2) is 0 Å². The zero-order valence-corrected chi connectivity index (χ0v) is 11.0. The molecule has 0 saturated heterocycles. The SMILES string of the molecule is CC1CCCC1CNC(=O)C1CCC(C(=O)O)C1. The summed E-state index contributed by atoms with van der Waals surface area (Å²) < 4.78 is 0. The van der Waals surface area contributed by atoms with Crippen molar-refractivity contribution in [2.75, 3.05) is 6.54 Å². The van der Waals surface area contributed by atoms with Crippen LogP contribution in [0.25, 0.3) is 0 Å². The van der Waals surface area contributed by atoms with Crippen LogP contribution < -0.4 is 5.32 Å². The first kappa shape index (κ1) is 13.4. The molecule has 2 aliphatic rings. The maximum atomic E-state index is 12.0. The molecule has 4 atom stereocenters. The van der Waals surface area contributed by atoms with Crippen LogP contribution in [0.5, 0.6) is 0 Å². The summed E-state index contributed by atoms with van der Waals surface area (Å²) in [7, 11) is 0. The molecule has 0 spiro atoms. The zero-order valence-electron chi connectivity index (χ0n) is 11.0. The number of hydrogen-bond donors (Lipinski definition) is 2. The minimum Gasteiger partial charge on any atom is -0.481 e. The molecule has 1 amide bonds. The van der Waals surface area contributed by atoms with Crippen molar-refractivity contribution in [2.24, 2.45) is 23.7 Å². The largest absolute Gasteiger partial charge is 0.481 e. The Morgan fingerprint density at radius 2 is 1.89 bits per heavy atom. The average Bonchev–Trinajstić information content (AvgIpc) is 2.94. The van der Waals surface area contributed by atoms with E-state index in [1.807, 2.05) is 0 Å². The average molecular weight is 253 g/mol. The molecule has 18 heavy (non-hydrogen) atoms. The number of rotatable bonds is 4. The van der Waals surface area contributed by atoms with Gasteiger partial charge in [-0.15, -0.1) is 0 Å². The first-order valence-electron chi connectivity index (χ1n) is 7.08. The minimum absolute atomic E-state index is 0.0675. The van der Waals surface area contributed by atoms with Gasteiger partial charge in [0.05, 0.1) is 5.92 Å². The number of carbonyl (C=O) groups is 2. The Morgan fingerprint density at radius 1 is 1.17 bits per heavy atom. The Bertz CT molecular complexity index is 329. The van der Waals surface area contributed by atoms with Gasteiger partial charge in [-0.1, -0.05) is 19.8 Å². The molecule has 0 heterocycles. The van der Waals surface area contributed by atoms with Gasteiger partial charge in [-0.05, 0) is 37.5 Å². The van der Waals surface area contributed by atoms with Crippen LogP contribution >= 0.6 is 0 Å². The third kappa shape index (κ3) is 3.03. The fraction of sp³-hybridized carbons (Fsp3) is 0.857. The van der Waals surface area contributed by atoms with Crippen molar-refractivity contribution in [1.29, 1.82) is 0 Å². The van der Waals surface area contributed by atoms with Crippen LogP contribution in [0.3, 0.4) is 0 Å². The lowest BCUT2D eigenvalue weighted by Crippen LogP contribution is -2.34. The van der Waals surface area contributed by atoms with Gasteiger partial charge in [0, 0.05) is 12.5 Å². The number of carboxylic acid groups (broad SMARTS) is 1. The van der Waals surface area contributed by atoms with Crippen molar-refractivity contribution in [2.45, 2.75) is 45.4 Å². The third-order valence-electron chi connectivity index (χ3n) is 4.73. The fourth-order valence-corrected chi connectivity index (χ4v) is 3.35. The standard InChI is InChI=1S/C14H23NO3/c1-9-3-2-4-12(9)8-15-13(16)10-5-6-11(7-10)14(17)18/h9-12H,2-8H2,1H3,(H,15,16)(H,17,18). The summed E-state index contributed by atoms with van der Waals surface area (Å²) >= 11 is 0. The lowest BCUT2D eigenvalue weighted by Gasteiger charge is -2.17. The summed E-state index contributed by atoms with van der Waals surface area (Å²) in [6, 6.07) is 0. The van der Waals surface area contributed by atoms with E-state index in [1.165, 1.54) is 19.3 Å². The van der Waals surface area contributed by atoms with Gasteiger partial charge in [0.2, 0.25) is 5.91 Å². The van der Waals surface area contributed by atoms with Crippen LogP contribution in [0.1, 0.15) is 45.4 Å². The van der Waals surface area contributed by atoms with E-state index in [9.17, 15) is 9.59 Å². The van der Waals surface area contributed by atoms with E-state index in [0.29, 0.717) is 24.7 Å². The Labute approximate surface area is 108 Å². The lowest BCUT2D eigenvalue weighted by atomic mass is 9.97. The molecule has 2 rings (SSSR count). The van der Waals surface area contributed by atoms with Gasteiger partial charge in [0.1, 0.15) is 0 Å². The number of carbonyl (C=O) groups excluding carboxylic acids is 1. The van der Waals surface area contributed by atoms with E-state index in [1.54, 1.807) is 0 Å². The first-order chi connectivity index (χ1) is 8.58. The molecule has 2 saturated carbocycles. The zero-order chi connectivity index (χ0) is 13.1. The number of nitrogens with one attached hydrogen (secondary N) is 1. The topological polar surface area (TPSA) is 66.4 Å². The quantitative estimate of drug-likeness (QED) is 0.805. The minimum atomic E-state index is -0.755. The van der Waals surface area contributed by atoms with E-state index in [0.717, 1.165) is 13.0 Å². The Kier molecular flexibility index (Phi) is 4.25. The molecule has 102 valence electrons. The van der Waals surface area contributed by atoms with E-state index < -0.39 is 5.97 Å². The normalized spacial score (nSPS) is 35.6. The first-order valence-corrected chi connectivity index (χ1v) is 7.08. The molecule has 4 heteroatoms. The molecular weight excluding hydrogens is 230 g/mol. The number of carboxylic acids is 1. The highest BCUT2D eigenvalue weighted by atomic mass is 16.4.